The fourth-order valence-corrected chi connectivity index (χ4v) is 1.81. The van der Waals surface area contributed by atoms with Gasteiger partial charge in [-0.2, -0.15) is 0 Å². The van der Waals surface area contributed by atoms with Crippen molar-refractivity contribution in [3.05, 3.63) is 29.3 Å². The average molecular weight is 252 g/mol. The number of hydrogen-bond donors (Lipinski definition) is 1. The molecule has 3 heteroatoms. The molecule has 1 fully saturated rings. The highest BCUT2D eigenvalue weighted by Crippen LogP contribution is 2.21. The van der Waals surface area contributed by atoms with Crippen LogP contribution in [0.15, 0.2) is 18.2 Å². The first kappa shape index (κ1) is 15.0. The second-order valence-corrected chi connectivity index (χ2v) is 4.87. The van der Waals surface area contributed by atoms with Crippen molar-refractivity contribution < 1.29 is 14.6 Å². The summed E-state index contributed by atoms with van der Waals surface area (Å²) in [6.07, 6.45) is 0.856. The first-order valence-electron chi connectivity index (χ1n) is 6.45. The predicted molar refractivity (Wildman–Crippen MR) is 73.0 cm³/mol. The van der Waals surface area contributed by atoms with Crippen LogP contribution in [0.3, 0.4) is 0 Å². The van der Waals surface area contributed by atoms with Gasteiger partial charge in [-0.1, -0.05) is 13.0 Å². The molecule has 0 saturated carbocycles. The van der Waals surface area contributed by atoms with Crippen molar-refractivity contribution in [3.63, 3.8) is 0 Å². The van der Waals surface area contributed by atoms with Gasteiger partial charge >= 0.3 is 0 Å². The quantitative estimate of drug-likeness (QED) is 0.879. The minimum absolute atomic E-state index is 0.408. The van der Waals surface area contributed by atoms with E-state index >= 15 is 0 Å². The Morgan fingerprint density at radius 3 is 2.50 bits per heavy atom. The largest absolute Gasteiger partial charge is 0.496 e. The van der Waals surface area contributed by atoms with Crippen molar-refractivity contribution >= 4 is 0 Å². The SMILES string of the molecule is CC1CCOC1.COc1ccc(C(C)O)cc1C. The van der Waals surface area contributed by atoms with Crippen molar-refractivity contribution in [2.75, 3.05) is 20.3 Å². The molecule has 1 aromatic carbocycles. The summed E-state index contributed by atoms with van der Waals surface area (Å²) in [6.45, 7) is 7.90. The molecular formula is C15H24O3. The van der Waals surface area contributed by atoms with Crippen LogP contribution in [0, 0.1) is 12.8 Å². The van der Waals surface area contributed by atoms with Gasteiger partial charge in [-0.25, -0.2) is 0 Å². The summed E-state index contributed by atoms with van der Waals surface area (Å²) in [5.41, 5.74) is 1.98. The molecular weight excluding hydrogens is 228 g/mol. The summed E-state index contributed by atoms with van der Waals surface area (Å²) in [5.74, 6) is 1.68. The van der Waals surface area contributed by atoms with Gasteiger partial charge in [-0.3, -0.25) is 0 Å². The molecule has 0 aromatic heterocycles. The first-order valence-corrected chi connectivity index (χ1v) is 6.45. The van der Waals surface area contributed by atoms with Gasteiger partial charge in [0.25, 0.3) is 0 Å². The zero-order chi connectivity index (χ0) is 13.5. The Balaban J connectivity index is 0.000000225. The molecule has 0 spiro atoms. The Morgan fingerprint density at radius 2 is 2.17 bits per heavy atom. The van der Waals surface area contributed by atoms with Crippen molar-refractivity contribution in [1.82, 2.24) is 0 Å². The topological polar surface area (TPSA) is 38.7 Å². The minimum Gasteiger partial charge on any atom is -0.496 e. The van der Waals surface area contributed by atoms with Crippen molar-refractivity contribution in [2.24, 2.45) is 5.92 Å². The van der Waals surface area contributed by atoms with Crippen LogP contribution in [0.25, 0.3) is 0 Å². The van der Waals surface area contributed by atoms with E-state index in [0.717, 1.165) is 36.0 Å². The van der Waals surface area contributed by atoms with Crippen molar-refractivity contribution in [3.8, 4) is 5.75 Å². The van der Waals surface area contributed by atoms with Crippen LogP contribution in [0.1, 0.15) is 37.5 Å². The van der Waals surface area contributed by atoms with Gasteiger partial charge in [-0.05, 0) is 49.4 Å². The molecule has 1 heterocycles. The van der Waals surface area contributed by atoms with Gasteiger partial charge in [0.2, 0.25) is 0 Å². The number of aliphatic hydroxyl groups excluding tert-OH is 1. The molecule has 0 amide bonds. The second-order valence-electron chi connectivity index (χ2n) is 4.87. The molecule has 2 atom stereocenters. The fourth-order valence-electron chi connectivity index (χ4n) is 1.81. The smallest absolute Gasteiger partial charge is 0.121 e. The third-order valence-corrected chi connectivity index (χ3v) is 3.06. The number of aryl methyl sites for hydroxylation is 1. The standard InChI is InChI=1S/C10H14O2.C5H10O/c1-7-6-9(8(2)11)4-5-10(7)12-3;1-5-2-3-6-4-5/h4-6,8,11H,1-3H3;5H,2-4H2,1H3. The maximum Gasteiger partial charge on any atom is 0.121 e. The zero-order valence-corrected chi connectivity index (χ0v) is 11.8. The second kappa shape index (κ2) is 7.39. The summed E-state index contributed by atoms with van der Waals surface area (Å²) >= 11 is 0. The van der Waals surface area contributed by atoms with Gasteiger partial charge in [0.05, 0.1) is 13.2 Å². The first-order chi connectivity index (χ1) is 8.54. The van der Waals surface area contributed by atoms with E-state index < -0.39 is 6.10 Å². The van der Waals surface area contributed by atoms with E-state index in [4.69, 9.17) is 9.47 Å². The van der Waals surface area contributed by atoms with Crippen LogP contribution in [0.5, 0.6) is 5.75 Å². The highest BCUT2D eigenvalue weighted by molar-refractivity contribution is 5.36. The molecule has 18 heavy (non-hydrogen) atoms. The van der Waals surface area contributed by atoms with E-state index in [0.29, 0.717) is 0 Å². The predicted octanol–water partition coefficient (Wildman–Crippen LogP) is 3.10. The lowest BCUT2D eigenvalue weighted by molar-refractivity contribution is 0.188. The Labute approximate surface area is 110 Å². The van der Waals surface area contributed by atoms with Gasteiger partial charge in [0.15, 0.2) is 0 Å². The summed E-state index contributed by atoms with van der Waals surface area (Å²) in [5, 5.41) is 9.27. The Hall–Kier alpha value is -1.06. The number of ether oxygens (including phenoxy) is 2. The van der Waals surface area contributed by atoms with Crippen LogP contribution in [-0.4, -0.2) is 25.4 Å². The number of rotatable bonds is 2. The Kier molecular flexibility index (Phi) is 6.16. The molecule has 2 unspecified atom stereocenters. The summed E-state index contributed by atoms with van der Waals surface area (Å²) in [7, 11) is 1.64. The Morgan fingerprint density at radius 1 is 1.44 bits per heavy atom. The van der Waals surface area contributed by atoms with E-state index in [2.05, 4.69) is 6.92 Å². The molecule has 0 aliphatic carbocycles. The molecule has 0 bridgehead atoms. The number of aliphatic hydroxyl groups is 1. The molecule has 1 aliphatic rings. The number of benzene rings is 1. The van der Waals surface area contributed by atoms with Gasteiger partial charge in [0.1, 0.15) is 5.75 Å². The van der Waals surface area contributed by atoms with Crippen LogP contribution < -0.4 is 4.74 Å². The molecule has 1 aromatic rings. The third-order valence-electron chi connectivity index (χ3n) is 3.06. The summed E-state index contributed by atoms with van der Waals surface area (Å²) < 4.78 is 10.2. The fraction of sp³-hybridized carbons (Fsp3) is 0.600. The maximum absolute atomic E-state index is 9.27. The Bertz CT molecular complexity index is 355. The van der Waals surface area contributed by atoms with E-state index in [1.807, 2.05) is 25.1 Å². The highest BCUT2D eigenvalue weighted by Gasteiger charge is 2.07. The number of hydrogen-bond acceptors (Lipinski definition) is 3. The van der Waals surface area contributed by atoms with Crippen molar-refractivity contribution in [2.45, 2.75) is 33.3 Å². The van der Waals surface area contributed by atoms with Crippen LogP contribution in [0.2, 0.25) is 0 Å². The normalized spacial score (nSPS) is 19.9. The number of methoxy groups -OCH3 is 1. The zero-order valence-electron chi connectivity index (χ0n) is 11.8. The summed E-state index contributed by atoms with van der Waals surface area (Å²) in [6, 6.07) is 5.68. The minimum atomic E-state index is -0.408. The molecule has 0 radical (unpaired) electrons. The van der Waals surface area contributed by atoms with Gasteiger partial charge in [-0.15, -0.1) is 0 Å². The van der Waals surface area contributed by atoms with Crippen LogP contribution in [0.4, 0.5) is 0 Å². The molecule has 1 N–H and O–H groups in total. The molecule has 102 valence electrons. The van der Waals surface area contributed by atoms with Gasteiger partial charge in [0, 0.05) is 13.2 Å². The average Bonchev–Trinajstić information content (AvgIpc) is 2.81. The monoisotopic (exact) mass is 252 g/mol. The maximum atomic E-state index is 9.27. The van der Waals surface area contributed by atoms with Crippen LogP contribution >= 0.6 is 0 Å². The molecule has 3 nitrogen and oxygen atoms in total. The molecule has 1 saturated heterocycles. The van der Waals surface area contributed by atoms with Crippen LogP contribution in [-0.2, 0) is 4.74 Å². The molecule has 2 rings (SSSR count). The molecule has 1 aliphatic heterocycles. The third kappa shape index (κ3) is 4.67. The van der Waals surface area contributed by atoms with E-state index in [1.165, 1.54) is 6.42 Å². The lowest BCUT2D eigenvalue weighted by Crippen LogP contribution is -1.93. The lowest BCUT2D eigenvalue weighted by Gasteiger charge is -2.08. The van der Waals surface area contributed by atoms with Gasteiger partial charge < -0.3 is 14.6 Å². The highest BCUT2D eigenvalue weighted by atomic mass is 16.5. The summed E-state index contributed by atoms with van der Waals surface area (Å²) in [4.78, 5) is 0. The van der Waals surface area contributed by atoms with Crippen molar-refractivity contribution in [1.29, 1.82) is 0 Å². The van der Waals surface area contributed by atoms with E-state index in [1.54, 1.807) is 14.0 Å². The van der Waals surface area contributed by atoms with E-state index in [9.17, 15) is 5.11 Å². The van der Waals surface area contributed by atoms with E-state index in [-0.39, 0.29) is 0 Å². The lowest BCUT2D eigenvalue weighted by atomic mass is 10.1.